The Morgan fingerprint density at radius 3 is 2.81 bits per heavy atom. The summed E-state index contributed by atoms with van der Waals surface area (Å²) in [7, 11) is 1.77. The van der Waals surface area contributed by atoms with E-state index in [-0.39, 0.29) is 11.9 Å². The highest BCUT2D eigenvalue weighted by atomic mass is 16.5. The van der Waals surface area contributed by atoms with Gasteiger partial charge in [0.15, 0.2) is 5.65 Å². The predicted octanol–water partition coefficient (Wildman–Crippen LogP) is 3.47. The highest BCUT2D eigenvalue weighted by Crippen LogP contribution is 2.17. The second kappa shape index (κ2) is 7.56. The zero-order chi connectivity index (χ0) is 18.7. The fourth-order valence-electron chi connectivity index (χ4n) is 2.76. The number of carbonyl (C=O) groups excluding carboxylic acids is 1. The quantitative estimate of drug-likeness (QED) is 0.681. The highest BCUT2D eigenvalue weighted by Gasteiger charge is 2.15. The number of benzene rings is 1. The van der Waals surface area contributed by atoms with Gasteiger partial charge in [-0.15, -0.1) is 0 Å². The van der Waals surface area contributed by atoms with Crippen LogP contribution in [0.4, 0.5) is 0 Å². The van der Waals surface area contributed by atoms with Gasteiger partial charge in [0.05, 0.1) is 18.3 Å². The Kier molecular flexibility index (Phi) is 5.21. The minimum absolute atomic E-state index is 0.0791. The first-order chi connectivity index (χ1) is 12.5. The second-order valence-corrected chi connectivity index (χ2v) is 6.71. The van der Waals surface area contributed by atoms with E-state index < -0.39 is 0 Å². The van der Waals surface area contributed by atoms with E-state index in [1.807, 2.05) is 41.9 Å². The summed E-state index contributed by atoms with van der Waals surface area (Å²) in [5, 5.41) is 5.21. The van der Waals surface area contributed by atoms with Crippen molar-refractivity contribution >= 4 is 16.9 Å². The molecular formula is C20H24N4O2. The molecule has 1 amide bonds. The zero-order valence-corrected chi connectivity index (χ0v) is 15.6. The minimum atomic E-state index is -0.0791. The van der Waals surface area contributed by atoms with E-state index >= 15 is 0 Å². The molecule has 0 N–H and O–H groups in total. The van der Waals surface area contributed by atoms with E-state index in [9.17, 15) is 4.79 Å². The van der Waals surface area contributed by atoms with Crippen LogP contribution in [0.5, 0.6) is 5.75 Å². The maximum Gasteiger partial charge on any atom is 0.255 e. The van der Waals surface area contributed by atoms with E-state index in [4.69, 9.17) is 4.74 Å². The molecule has 2 heterocycles. The summed E-state index contributed by atoms with van der Waals surface area (Å²) in [5.74, 6) is 0.736. The Morgan fingerprint density at radius 2 is 2.08 bits per heavy atom. The van der Waals surface area contributed by atoms with Crippen molar-refractivity contribution in [1.82, 2.24) is 19.7 Å². The van der Waals surface area contributed by atoms with Gasteiger partial charge in [-0.05, 0) is 44.5 Å². The van der Waals surface area contributed by atoms with Gasteiger partial charge in [0.1, 0.15) is 12.4 Å². The van der Waals surface area contributed by atoms with Gasteiger partial charge in [-0.25, -0.2) is 9.67 Å². The molecule has 0 fully saturated rings. The monoisotopic (exact) mass is 352 g/mol. The molecule has 1 aromatic carbocycles. The molecule has 0 aliphatic rings. The van der Waals surface area contributed by atoms with Crippen molar-refractivity contribution in [3.63, 3.8) is 0 Å². The molecule has 26 heavy (non-hydrogen) atoms. The van der Waals surface area contributed by atoms with Gasteiger partial charge in [-0.3, -0.25) is 4.79 Å². The van der Waals surface area contributed by atoms with Crippen molar-refractivity contribution in [2.24, 2.45) is 0 Å². The molecule has 0 saturated heterocycles. The third-order valence-corrected chi connectivity index (χ3v) is 4.20. The fourth-order valence-corrected chi connectivity index (χ4v) is 2.76. The number of pyridine rings is 1. The standard InChI is InChI=1S/C20H24N4O2/c1-14(2)24-19-16(13-22-24)11-17(12-21-19)20(25)23(4)8-9-26-18-7-5-6-15(3)10-18/h5-7,10-14H,8-9H2,1-4H3. The van der Waals surface area contributed by atoms with Gasteiger partial charge in [-0.2, -0.15) is 5.10 Å². The molecule has 2 aromatic heterocycles. The van der Waals surface area contributed by atoms with Crippen LogP contribution in [0, 0.1) is 6.92 Å². The van der Waals surface area contributed by atoms with Crippen LogP contribution in [-0.2, 0) is 0 Å². The first-order valence-electron chi connectivity index (χ1n) is 8.74. The second-order valence-electron chi connectivity index (χ2n) is 6.71. The van der Waals surface area contributed by atoms with Crippen LogP contribution in [0.2, 0.25) is 0 Å². The van der Waals surface area contributed by atoms with Gasteiger partial charge >= 0.3 is 0 Å². The summed E-state index contributed by atoms with van der Waals surface area (Å²) >= 11 is 0. The largest absolute Gasteiger partial charge is 0.492 e. The Labute approximate surface area is 153 Å². The molecule has 0 unspecified atom stereocenters. The first-order valence-corrected chi connectivity index (χ1v) is 8.74. The normalized spacial score (nSPS) is 11.1. The summed E-state index contributed by atoms with van der Waals surface area (Å²) in [5.41, 5.74) is 2.49. The lowest BCUT2D eigenvalue weighted by Crippen LogP contribution is -2.31. The number of carbonyl (C=O) groups is 1. The van der Waals surface area contributed by atoms with Gasteiger partial charge in [-0.1, -0.05) is 12.1 Å². The summed E-state index contributed by atoms with van der Waals surface area (Å²) in [4.78, 5) is 18.7. The molecule has 0 bridgehead atoms. The van der Waals surface area contributed by atoms with Crippen molar-refractivity contribution in [3.05, 3.63) is 53.9 Å². The van der Waals surface area contributed by atoms with Crippen molar-refractivity contribution in [2.45, 2.75) is 26.8 Å². The van der Waals surface area contributed by atoms with E-state index in [2.05, 4.69) is 23.9 Å². The number of amides is 1. The average molecular weight is 352 g/mol. The number of hydrogen-bond donors (Lipinski definition) is 0. The number of fused-ring (bicyclic) bond motifs is 1. The number of rotatable bonds is 6. The fraction of sp³-hybridized carbons (Fsp3) is 0.350. The lowest BCUT2D eigenvalue weighted by atomic mass is 10.2. The Morgan fingerprint density at radius 1 is 1.27 bits per heavy atom. The molecule has 0 radical (unpaired) electrons. The summed E-state index contributed by atoms with van der Waals surface area (Å²) in [6, 6.07) is 9.94. The third-order valence-electron chi connectivity index (χ3n) is 4.20. The van der Waals surface area contributed by atoms with Gasteiger partial charge in [0.2, 0.25) is 0 Å². The number of hydrogen-bond acceptors (Lipinski definition) is 4. The van der Waals surface area contributed by atoms with Gasteiger partial charge in [0.25, 0.3) is 5.91 Å². The molecular weight excluding hydrogens is 328 g/mol. The van der Waals surface area contributed by atoms with Crippen LogP contribution < -0.4 is 4.74 Å². The molecule has 3 rings (SSSR count). The van der Waals surface area contributed by atoms with Crippen molar-refractivity contribution < 1.29 is 9.53 Å². The van der Waals surface area contributed by atoms with Crippen LogP contribution in [-0.4, -0.2) is 45.8 Å². The van der Waals surface area contributed by atoms with Crippen LogP contribution in [0.1, 0.15) is 35.8 Å². The molecule has 0 atom stereocenters. The number of aryl methyl sites for hydroxylation is 1. The van der Waals surface area contributed by atoms with Crippen molar-refractivity contribution in [1.29, 1.82) is 0 Å². The van der Waals surface area contributed by atoms with E-state index in [0.717, 1.165) is 22.3 Å². The summed E-state index contributed by atoms with van der Waals surface area (Å²) in [6.45, 7) is 7.06. The van der Waals surface area contributed by atoms with E-state index in [1.165, 1.54) is 0 Å². The lowest BCUT2D eigenvalue weighted by Gasteiger charge is -2.17. The molecule has 3 aromatic rings. The Hall–Kier alpha value is -2.89. The van der Waals surface area contributed by atoms with Crippen molar-refractivity contribution in [3.8, 4) is 5.75 Å². The molecule has 0 spiro atoms. The average Bonchev–Trinajstić information content (AvgIpc) is 3.04. The molecule has 0 saturated carbocycles. The minimum Gasteiger partial charge on any atom is -0.492 e. The number of likely N-dealkylation sites (N-methyl/N-ethyl adjacent to an activating group) is 1. The number of aromatic nitrogens is 3. The maximum atomic E-state index is 12.6. The Bertz CT molecular complexity index is 917. The predicted molar refractivity (Wildman–Crippen MR) is 102 cm³/mol. The first kappa shape index (κ1) is 17.9. The van der Waals surface area contributed by atoms with E-state index in [1.54, 1.807) is 24.3 Å². The highest BCUT2D eigenvalue weighted by molar-refractivity contribution is 5.96. The zero-order valence-electron chi connectivity index (χ0n) is 15.6. The number of nitrogens with zero attached hydrogens (tertiary/aromatic N) is 4. The van der Waals surface area contributed by atoms with Crippen LogP contribution in [0.15, 0.2) is 42.7 Å². The smallest absolute Gasteiger partial charge is 0.255 e. The van der Waals surface area contributed by atoms with E-state index in [0.29, 0.717) is 18.7 Å². The molecule has 6 heteroatoms. The van der Waals surface area contributed by atoms with Crippen LogP contribution >= 0.6 is 0 Å². The molecule has 6 nitrogen and oxygen atoms in total. The van der Waals surface area contributed by atoms with Crippen LogP contribution in [0.25, 0.3) is 11.0 Å². The van der Waals surface area contributed by atoms with Gasteiger partial charge in [0, 0.05) is 24.7 Å². The summed E-state index contributed by atoms with van der Waals surface area (Å²) < 4.78 is 7.57. The summed E-state index contributed by atoms with van der Waals surface area (Å²) in [6.07, 6.45) is 3.36. The molecule has 136 valence electrons. The maximum absolute atomic E-state index is 12.6. The SMILES string of the molecule is Cc1cccc(OCCN(C)C(=O)c2cnc3c(cnn3C(C)C)c2)c1. The number of ether oxygens (including phenoxy) is 1. The third kappa shape index (κ3) is 3.85. The molecule has 0 aliphatic heterocycles. The lowest BCUT2D eigenvalue weighted by molar-refractivity contribution is 0.0773. The Balaban J connectivity index is 1.63. The van der Waals surface area contributed by atoms with Crippen LogP contribution in [0.3, 0.4) is 0 Å². The van der Waals surface area contributed by atoms with Gasteiger partial charge < -0.3 is 9.64 Å². The van der Waals surface area contributed by atoms with Crippen molar-refractivity contribution in [2.75, 3.05) is 20.2 Å². The topological polar surface area (TPSA) is 60.2 Å². The molecule has 0 aliphatic carbocycles.